The topological polar surface area (TPSA) is 125 Å². The molecule has 0 spiro atoms. The number of rotatable bonds is 9. The lowest BCUT2D eigenvalue weighted by molar-refractivity contribution is -0.170. The van der Waals surface area contributed by atoms with Crippen LogP contribution in [0.1, 0.15) is 42.1 Å². The van der Waals surface area contributed by atoms with Crippen LogP contribution in [0.25, 0.3) is 0 Å². The predicted octanol–water partition coefficient (Wildman–Crippen LogP) is 1.57. The molecule has 36 heavy (non-hydrogen) atoms. The average Bonchev–Trinajstić information content (AvgIpc) is 3.20. The number of alkyl halides is 3. The van der Waals surface area contributed by atoms with Crippen LogP contribution in [0.4, 0.5) is 13.2 Å². The van der Waals surface area contributed by atoms with E-state index in [1.165, 1.54) is 19.2 Å². The highest BCUT2D eigenvalue weighted by atomic mass is 19.4. The van der Waals surface area contributed by atoms with Crippen LogP contribution in [0, 0.1) is 5.92 Å². The largest absolute Gasteiger partial charge is 0.493 e. The van der Waals surface area contributed by atoms with E-state index in [-0.39, 0.29) is 48.1 Å². The van der Waals surface area contributed by atoms with Gasteiger partial charge in [0.2, 0.25) is 11.8 Å². The molecule has 198 valence electrons. The van der Waals surface area contributed by atoms with E-state index < -0.39 is 48.7 Å². The molecule has 0 saturated carbocycles. The van der Waals surface area contributed by atoms with Crippen LogP contribution in [0.3, 0.4) is 0 Å². The SMILES string of the molecule is COc1cc(C=O)cc2c1OC1C2C(C(=O)NCCO)=CC(N(CC(F)(F)F)C(=O)CC(C)C)C1O. The monoisotopic (exact) mass is 514 g/mol. The number of ether oxygens (including phenoxy) is 2. The first-order valence-electron chi connectivity index (χ1n) is 11.4. The van der Waals surface area contributed by atoms with Crippen molar-refractivity contribution in [1.82, 2.24) is 10.2 Å². The van der Waals surface area contributed by atoms with Crippen molar-refractivity contribution in [3.8, 4) is 11.5 Å². The van der Waals surface area contributed by atoms with Crippen LogP contribution in [0.15, 0.2) is 23.8 Å². The van der Waals surface area contributed by atoms with Crippen molar-refractivity contribution in [2.24, 2.45) is 5.92 Å². The summed E-state index contributed by atoms with van der Waals surface area (Å²) in [5.74, 6) is -2.50. The van der Waals surface area contributed by atoms with Gasteiger partial charge in [-0.1, -0.05) is 13.8 Å². The van der Waals surface area contributed by atoms with Crippen molar-refractivity contribution in [2.75, 3.05) is 26.8 Å². The third kappa shape index (κ3) is 5.65. The van der Waals surface area contributed by atoms with Gasteiger partial charge in [-0.3, -0.25) is 14.4 Å². The number of amides is 2. The minimum absolute atomic E-state index is 0.0582. The van der Waals surface area contributed by atoms with Gasteiger partial charge in [-0.25, -0.2) is 0 Å². The second-order valence-corrected chi connectivity index (χ2v) is 9.14. The number of hydrogen-bond donors (Lipinski definition) is 3. The zero-order chi connectivity index (χ0) is 26.8. The Morgan fingerprint density at radius 1 is 1.31 bits per heavy atom. The summed E-state index contributed by atoms with van der Waals surface area (Å²) in [5.41, 5.74) is 0.477. The molecule has 0 radical (unpaired) electrons. The van der Waals surface area contributed by atoms with Crippen LogP contribution in [-0.4, -0.2) is 84.4 Å². The first-order chi connectivity index (χ1) is 16.9. The standard InChI is InChI=1S/C24H29F3N2O7/c1-12(2)6-18(32)29(11-24(25,26)27)16-9-15(23(34)28-4-5-30)19-14-7-13(10-31)8-17(35-3)21(14)36-22(19)20(16)33/h7-10,12,16,19-20,22,30,33H,4-6,11H2,1-3H3,(H,28,34). The van der Waals surface area contributed by atoms with E-state index in [1.807, 2.05) is 0 Å². The second kappa shape index (κ2) is 10.9. The summed E-state index contributed by atoms with van der Waals surface area (Å²) in [4.78, 5) is 37.9. The summed E-state index contributed by atoms with van der Waals surface area (Å²) in [6.07, 6.45) is -6.16. The van der Waals surface area contributed by atoms with Gasteiger partial charge in [0.1, 0.15) is 25.0 Å². The molecule has 2 amide bonds. The Morgan fingerprint density at radius 2 is 2.00 bits per heavy atom. The van der Waals surface area contributed by atoms with Gasteiger partial charge in [-0.2, -0.15) is 13.2 Å². The molecule has 2 aliphatic rings. The number of aldehydes is 1. The number of carbonyl (C=O) groups is 3. The Balaban J connectivity index is 2.15. The van der Waals surface area contributed by atoms with E-state index >= 15 is 0 Å². The molecule has 1 aliphatic heterocycles. The fraction of sp³-hybridized carbons (Fsp3) is 0.542. The Bertz CT molecular complexity index is 1040. The van der Waals surface area contributed by atoms with Crippen LogP contribution >= 0.6 is 0 Å². The van der Waals surface area contributed by atoms with Gasteiger partial charge in [0, 0.05) is 29.7 Å². The van der Waals surface area contributed by atoms with E-state index in [9.17, 15) is 32.7 Å². The molecule has 3 rings (SSSR count). The number of carbonyl (C=O) groups excluding carboxylic acids is 3. The van der Waals surface area contributed by atoms with Gasteiger partial charge >= 0.3 is 6.18 Å². The number of halogens is 3. The molecule has 1 aromatic rings. The summed E-state index contributed by atoms with van der Waals surface area (Å²) >= 11 is 0. The summed E-state index contributed by atoms with van der Waals surface area (Å²) in [7, 11) is 1.33. The van der Waals surface area contributed by atoms with Crippen LogP contribution in [-0.2, 0) is 9.59 Å². The molecule has 4 unspecified atom stereocenters. The Kier molecular flexibility index (Phi) is 8.29. The highest BCUT2D eigenvalue weighted by Crippen LogP contribution is 2.51. The van der Waals surface area contributed by atoms with Gasteiger partial charge in [-0.15, -0.1) is 0 Å². The van der Waals surface area contributed by atoms with Gasteiger partial charge in [0.15, 0.2) is 11.5 Å². The summed E-state index contributed by atoms with van der Waals surface area (Å²) in [6, 6.07) is 1.32. The van der Waals surface area contributed by atoms with Gasteiger partial charge in [-0.05, 0) is 24.1 Å². The molecular formula is C24H29F3N2O7. The Labute approximate surface area is 205 Å². The normalized spacial score (nSPS) is 22.8. The lowest BCUT2D eigenvalue weighted by Gasteiger charge is -2.41. The number of aliphatic hydroxyl groups is 2. The summed E-state index contributed by atoms with van der Waals surface area (Å²) in [6.45, 7) is 1.20. The van der Waals surface area contributed by atoms with Gasteiger partial charge in [0.25, 0.3) is 0 Å². The first kappa shape index (κ1) is 27.5. The van der Waals surface area contributed by atoms with E-state index in [0.29, 0.717) is 16.7 Å². The molecule has 0 aromatic heterocycles. The fourth-order valence-corrected chi connectivity index (χ4v) is 4.58. The lowest BCUT2D eigenvalue weighted by Crippen LogP contribution is -2.57. The molecule has 3 N–H and O–H groups in total. The molecule has 0 bridgehead atoms. The molecule has 9 nitrogen and oxygen atoms in total. The minimum atomic E-state index is -4.77. The van der Waals surface area contributed by atoms with Crippen molar-refractivity contribution in [3.63, 3.8) is 0 Å². The molecule has 0 saturated heterocycles. The number of nitrogens with one attached hydrogen (secondary N) is 1. The van der Waals surface area contributed by atoms with E-state index in [4.69, 9.17) is 14.6 Å². The number of nitrogens with zero attached hydrogens (tertiary/aromatic N) is 1. The number of benzene rings is 1. The third-order valence-corrected chi connectivity index (χ3v) is 6.02. The Morgan fingerprint density at radius 3 is 2.56 bits per heavy atom. The molecule has 1 aliphatic carbocycles. The van der Waals surface area contributed by atoms with Gasteiger partial charge in [0.05, 0.1) is 25.7 Å². The predicted molar refractivity (Wildman–Crippen MR) is 121 cm³/mol. The van der Waals surface area contributed by atoms with Crippen LogP contribution < -0.4 is 14.8 Å². The highest BCUT2D eigenvalue weighted by Gasteiger charge is 2.52. The van der Waals surface area contributed by atoms with E-state index in [1.54, 1.807) is 13.8 Å². The molecule has 4 atom stereocenters. The zero-order valence-corrected chi connectivity index (χ0v) is 20.0. The van der Waals surface area contributed by atoms with E-state index in [2.05, 4.69) is 5.32 Å². The van der Waals surface area contributed by atoms with Gasteiger partial charge < -0.3 is 29.9 Å². The fourth-order valence-electron chi connectivity index (χ4n) is 4.58. The minimum Gasteiger partial charge on any atom is -0.493 e. The lowest BCUT2D eigenvalue weighted by atomic mass is 9.77. The van der Waals surface area contributed by atoms with Crippen molar-refractivity contribution in [3.05, 3.63) is 34.9 Å². The van der Waals surface area contributed by atoms with E-state index in [0.717, 1.165) is 6.08 Å². The maximum atomic E-state index is 13.5. The first-order valence-corrected chi connectivity index (χ1v) is 11.4. The maximum Gasteiger partial charge on any atom is 0.406 e. The molecule has 12 heteroatoms. The molecule has 1 heterocycles. The number of methoxy groups -OCH3 is 1. The van der Waals surface area contributed by atoms with Crippen molar-refractivity contribution < 1.29 is 47.2 Å². The Hall–Kier alpha value is -3.12. The highest BCUT2D eigenvalue weighted by molar-refractivity contribution is 5.96. The quantitative estimate of drug-likeness (QED) is 0.427. The van der Waals surface area contributed by atoms with Crippen molar-refractivity contribution in [2.45, 2.75) is 50.6 Å². The molecule has 0 fully saturated rings. The van der Waals surface area contributed by atoms with Crippen LogP contribution in [0.2, 0.25) is 0 Å². The second-order valence-electron chi connectivity index (χ2n) is 9.14. The number of fused-ring (bicyclic) bond motifs is 3. The van der Waals surface area contributed by atoms with Crippen molar-refractivity contribution >= 4 is 18.1 Å². The smallest absolute Gasteiger partial charge is 0.406 e. The van der Waals surface area contributed by atoms with Crippen molar-refractivity contribution in [1.29, 1.82) is 0 Å². The van der Waals surface area contributed by atoms with Crippen LogP contribution in [0.5, 0.6) is 11.5 Å². The summed E-state index contributed by atoms with van der Waals surface area (Å²) < 4.78 is 51.7. The number of hydrogen-bond acceptors (Lipinski definition) is 7. The zero-order valence-electron chi connectivity index (χ0n) is 20.0. The molecular weight excluding hydrogens is 485 g/mol. The summed E-state index contributed by atoms with van der Waals surface area (Å²) in [5, 5.41) is 22.8. The number of aliphatic hydroxyl groups excluding tert-OH is 2. The maximum absolute atomic E-state index is 13.5. The average molecular weight is 514 g/mol. The molecule has 1 aromatic carbocycles. The third-order valence-electron chi connectivity index (χ3n) is 6.02.